The van der Waals surface area contributed by atoms with Gasteiger partial charge in [0.25, 0.3) is 5.91 Å². The monoisotopic (exact) mass is 326 g/mol. The van der Waals surface area contributed by atoms with Crippen molar-refractivity contribution in [3.8, 4) is 0 Å². The van der Waals surface area contributed by atoms with Gasteiger partial charge in [-0.25, -0.2) is 4.39 Å². The minimum absolute atomic E-state index is 0.129. The van der Waals surface area contributed by atoms with E-state index in [1.807, 2.05) is 6.07 Å². The number of carbonyl (C=O) groups excluding carboxylic acids is 1. The van der Waals surface area contributed by atoms with Gasteiger partial charge < -0.3 is 5.32 Å². The van der Waals surface area contributed by atoms with Crippen LogP contribution in [0.3, 0.4) is 0 Å². The molecule has 3 rings (SSSR count). The van der Waals surface area contributed by atoms with Crippen LogP contribution in [0.25, 0.3) is 0 Å². The lowest BCUT2D eigenvalue weighted by molar-refractivity contribution is 0.0930. The largest absolute Gasteiger partial charge is 0.352 e. The molecule has 0 aliphatic carbocycles. The van der Waals surface area contributed by atoms with E-state index >= 15 is 0 Å². The average Bonchev–Trinajstić information content (AvgIpc) is 2.61. The number of halogens is 1. The van der Waals surface area contributed by atoms with Crippen molar-refractivity contribution in [3.63, 3.8) is 0 Å². The van der Waals surface area contributed by atoms with Crippen molar-refractivity contribution in [2.45, 2.75) is 19.4 Å². The first-order valence-electron chi connectivity index (χ1n) is 8.51. The first kappa shape index (κ1) is 16.7. The first-order chi connectivity index (χ1) is 11.7. The third kappa shape index (κ3) is 4.65. The van der Waals surface area contributed by atoms with E-state index < -0.39 is 0 Å². The van der Waals surface area contributed by atoms with E-state index in [4.69, 9.17) is 0 Å². The smallest absolute Gasteiger partial charge is 0.251 e. The molecule has 1 aliphatic rings. The van der Waals surface area contributed by atoms with Crippen LogP contribution in [0.5, 0.6) is 0 Å². The van der Waals surface area contributed by atoms with Crippen molar-refractivity contribution in [2.24, 2.45) is 5.92 Å². The number of likely N-dealkylation sites (tertiary alicyclic amines) is 1. The van der Waals surface area contributed by atoms with Gasteiger partial charge in [0.2, 0.25) is 0 Å². The molecule has 0 spiro atoms. The molecule has 1 heterocycles. The zero-order chi connectivity index (χ0) is 16.8. The number of piperidine rings is 1. The molecule has 3 nitrogen and oxygen atoms in total. The summed E-state index contributed by atoms with van der Waals surface area (Å²) >= 11 is 0. The number of nitrogens with zero attached hydrogens (tertiary/aromatic N) is 1. The molecule has 0 unspecified atom stereocenters. The van der Waals surface area contributed by atoms with Crippen molar-refractivity contribution < 1.29 is 9.18 Å². The molecule has 0 saturated carbocycles. The van der Waals surface area contributed by atoms with E-state index in [2.05, 4.69) is 34.5 Å². The maximum atomic E-state index is 12.9. The highest BCUT2D eigenvalue weighted by Gasteiger charge is 2.20. The number of carbonyl (C=O) groups is 1. The molecular weight excluding hydrogens is 303 g/mol. The minimum atomic E-state index is -0.324. The third-order valence-corrected chi connectivity index (χ3v) is 4.51. The SMILES string of the molecule is O=C(NC[C@H]1CCCN(Cc2ccccc2)C1)c1ccc(F)cc1. The molecule has 0 aromatic heterocycles. The lowest BCUT2D eigenvalue weighted by Gasteiger charge is -2.32. The Hall–Kier alpha value is -2.20. The molecule has 1 saturated heterocycles. The molecule has 0 bridgehead atoms. The summed E-state index contributed by atoms with van der Waals surface area (Å²) in [6, 6.07) is 16.2. The van der Waals surface area contributed by atoms with Crippen LogP contribution >= 0.6 is 0 Å². The van der Waals surface area contributed by atoms with Gasteiger partial charge in [0.1, 0.15) is 5.82 Å². The predicted molar refractivity (Wildman–Crippen MR) is 93.2 cm³/mol. The Morgan fingerprint density at radius 1 is 1.12 bits per heavy atom. The molecule has 1 fully saturated rings. The van der Waals surface area contributed by atoms with Gasteiger partial charge in [0.05, 0.1) is 0 Å². The van der Waals surface area contributed by atoms with E-state index in [0.717, 1.165) is 32.5 Å². The highest BCUT2D eigenvalue weighted by atomic mass is 19.1. The number of amides is 1. The summed E-state index contributed by atoms with van der Waals surface area (Å²) in [5.74, 6) is 0.0115. The van der Waals surface area contributed by atoms with Crippen LogP contribution in [0.1, 0.15) is 28.8 Å². The van der Waals surface area contributed by atoms with Crippen LogP contribution in [0.2, 0.25) is 0 Å². The van der Waals surface area contributed by atoms with Crippen LogP contribution in [-0.2, 0) is 6.54 Å². The number of hydrogen-bond donors (Lipinski definition) is 1. The first-order valence-corrected chi connectivity index (χ1v) is 8.51. The topological polar surface area (TPSA) is 32.3 Å². The summed E-state index contributed by atoms with van der Waals surface area (Å²) in [5, 5.41) is 2.98. The Bertz CT molecular complexity index is 657. The van der Waals surface area contributed by atoms with Gasteiger partial charge in [0.15, 0.2) is 0 Å². The van der Waals surface area contributed by atoms with E-state index in [0.29, 0.717) is 18.0 Å². The summed E-state index contributed by atoms with van der Waals surface area (Å²) < 4.78 is 12.9. The molecular formula is C20H23FN2O. The van der Waals surface area contributed by atoms with Crippen molar-refractivity contribution in [1.82, 2.24) is 10.2 Å². The molecule has 2 aromatic carbocycles. The van der Waals surface area contributed by atoms with Crippen LogP contribution in [0, 0.1) is 11.7 Å². The zero-order valence-corrected chi connectivity index (χ0v) is 13.7. The van der Waals surface area contributed by atoms with Crippen molar-refractivity contribution in [3.05, 3.63) is 71.5 Å². The van der Waals surface area contributed by atoms with E-state index in [1.165, 1.54) is 29.8 Å². The fraction of sp³-hybridized carbons (Fsp3) is 0.350. The quantitative estimate of drug-likeness (QED) is 0.912. The van der Waals surface area contributed by atoms with Crippen LogP contribution < -0.4 is 5.32 Å². The second-order valence-corrected chi connectivity index (χ2v) is 6.45. The van der Waals surface area contributed by atoms with Gasteiger partial charge in [-0.2, -0.15) is 0 Å². The Morgan fingerprint density at radius 2 is 1.88 bits per heavy atom. The van der Waals surface area contributed by atoms with E-state index in [1.54, 1.807) is 0 Å². The van der Waals surface area contributed by atoms with Crippen molar-refractivity contribution >= 4 is 5.91 Å². The molecule has 24 heavy (non-hydrogen) atoms. The summed E-state index contributed by atoms with van der Waals surface area (Å²) in [6.45, 7) is 3.74. The normalized spacial score (nSPS) is 18.3. The number of benzene rings is 2. The average molecular weight is 326 g/mol. The Labute approximate surface area is 142 Å². The Balaban J connectivity index is 1.48. The minimum Gasteiger partial charge on any atom is -0.352 e. The molecule has 1 aliphatic heterocycles. The predicted octanol–water partition coefficient (Wildman–Crippen LogP) is 3.47. The maximum absolute atomic E-state index is 12.9. The van der Waals surface area contributed by atoms with Gasteiger partial charge in [-0.1, -0.05) is 30.3 Å². The van der Waals surface area contributed by atoms with Crippen molar-refractivity contribution in [2.75, 3.05) is 19.6 Å². The van der Waals surface area contributed by atoms with Crippen LogP contribution in [0.15, 0.2) is 54.6 Å². The summed E-state index contributed by atoms with van der Waals surface area (Å²) in [7, 11) is 0. The lowest BCUT2D eigenvalue weighted by atomic mass is 9.97. The van der Waals surface area contributed by atoms with Crippen molar-refractivity contribution in [1.29, 1.82) is 0 Å². The zero-order valence-electron chi connectivity index (χ0n) is 13.7. The van der Waals surface area contributed by atoms with Gasteiger partial charge >= 0.3 is 0 Å². The van der Waals surface area contributed by atoms with Gasteiger partial charge in [0, 0.05) is 25.2 Å². The second kappa shape index (κ2) is 8.06. The van der Waals surface area contributed by atoms with E-state index in [-0.39, 0.29) is 11.7 Å². The number of nitrogens with one attached hydrogen (secondary N) is 1. The summed E-state index contributed by atoms with van der Waals surface area (Å²) in [4.78, 5) is 14.6. The fourth-order valence-electron chi connectivity index (χ4n) is 3.24. The molecule has 1 N–H and O–H groups in total. The van der Waals surface area contributed by atoms with Crippen LogP contribution in [-0.4, -0.2) is 30.4 Å². The standard InChI is InChI=1S/C20H23FN2O/c21-19-10-8-18(9-11-19)20(24)22-13-17-7-4-12-23(15-17)14-16-5-2-1-3-6-16/h1-3,5-6,8-11,17H,4,7,12-15H2,(H,22,24)/t17-/m1/s1. The fourth-order valence-corrected chi connectivity index (χ4v) is 3.24. The lowest BCUT2D eigenvalue weighted by Crippen LogP contribution is -2.40. The highest BCUT2D eigenvalue weighted by molar-refractivity contribution is 5.94. The molecule has 4 heteroatoms. The Morgan fingerprint density at radius 3 is 2.62 bits per heavy atom. The van der Waals surface area contributed by atoms with Gasteiger partial charge in [-0.15, -0.1) is 0 Å². The molecule has 1 atom stereocenters. The summed E-state index contributed by atoms with van der Waals surface area (Å²) in [5.41, 5.74) is 1.84. The van der Waals surface area contributed by atoms with Gasteiger partial charge in [-0.3, -0.25) is 9.69 Å². The van der Waals surface area contributed by atoms with E-state index in [9.17, 15) is 9.18 Å². The number of hydrogen-bond acceptors (Lipinski definition) is 2. The highest BCUT2D eigenvalue weighted by Crippen LogP contribution is 2.18. The molecule has 2 aromatic rings. The molecule has 0 radical (unpaired) electrons. The van der Waals surface area contributed by atoms with Gasteiger partial charge in [-0.05, 0) is 55.1 Å². The second-order valence-electron chi connectivity index (χ2n) is 6.45. The van der Waals surface area contributed by atoms with Crippen LogP contribution in [0.4, 0.5) is 4.39 Å². The summed E-state index contributed by atoms with van der Waals surface area (Å²) in [6.07, 6.45) is 2.29. The maximum Gasteiger partial charge on any atom is 0.251 e. The number of rotatable bonds is 5. The third-order valence-electron chi connectivity index (χ3n) is 4.51. The Kier molecular flexibility index (Phi) is 5.59. The molecule has 126 valence electrons. The molecule has 1 amide bonds.